The second-order valence-corrected chi connectivity index (χ2v) is 20.8. The number of fused-ring (bicyclic) bond motifs is 8. The van der Waals surface area contributed by atoms with Crippen LogP contribution in [0.15, 0.2) is 157 Å². The SMILES string of the molecule is CCCC1=Cc2c(-c3cc4ccccc4c4ccccc34)cccc2C1[Si](C)(C)C1C(C)=Cc2c(-c3cc4ccccc4c4ccccc34)cccc21. The molecule has 0 aromatic heterocycles. The van der Waals surface area contributed by atoms with Gasteiger partial charge in [0.2, 0.25) is 0 Å². The van der Waals surface area contributed by atoms with Crippen molar-refractivity contribution in [3.8, 4) is 22.3 Å². The molecule has 0 bridgehead atoms. The lowest BCUT2D eigenvalue weighted by molar-refractivity contribution is 0.847. The largest absolute Gasteiger partial charge is 0.0722 e. The standard InChI is InChI=1S/C52H44Si/c1-5-16-36-32-50-44(49-31-35-18-7-9-20-38(35)40-22-11-13-24-42(40)49)26-15-28-46(50)52(36)53(3,4)51-33(2)29-47-43(25-14-27-45(47)51)48-30-34-17-6-8-19-37(34)39-21-10-12-23-41(39)48/h6-15,17-32,51-52H,5,16H2,1-4H3. The van der Waals surface area contributed by atoms with Crippen LogP contribution in [0.2, 0.25) is 13.1 Å². The van der Waals surface area contributed by atoms with Crippen molar-refractivity contribution in [3.63, 3.8) is 0 Å². The van der Waals surface area contributed by atoms with E-state index in [0.29, 0.717) is 11.1 Å². The van der Waals surface area contributed by atoms with Crippen molar-refractivity contribution in [3.05, 3.63) is 179 Å². The van der Waals surface area contributed by atoms with Crippen molar-refractivity contribution in [1.82, 2.24) is 0 Å². The Bertz CT molecular complexity index is 2850. The lowest BCUT2D eigenvalue weighted by Crippen LogP contribution is -2.42. The molecule has 53 heavy (non-hydrogen) atoms. The van der Waals surface area contributed by atoms with E-state index in [9.17, 15) is 0 Å². The molecule has 1 heteroatoms. The van der Waals surface area contributed by atoms with E-state index in [2.05, 4.69) is 185 Å². The van der Waals surface area contributed by atoms with E-state index >= 15 is 0 Å². The van der Waals surface area contributed by atoms with Crippen LogP contribution in [0.25, 0.3) is 77.5 Å². The van der Waals surface area contributed by atoms with Gasteiger partial charge in [-0.1, -0.05) is 183 Å². The summed E-state index contributed by atoms with van der Waals surface area (Å²) >= 11 is 0. The predicted molar refractivity (Wildman–Crippen MR) is 233 cm³/mol. The normalized spacial score (nSPS) is 16.7. The first kappa shape index (κ1) is 32.2. The summed E-state index contributed by atoms with van der Waals surface area (Å²) < 4.78 is 0. The van der Waals surface area contributed by atoms with E-state index in [4.69, 9.17) is 0 Å². The van der Waals surface area contributed by atoms with E-state index in [1.54, 1.807) is 5.57 Å². The molecule has 2 aliphatic carbocycles. The lowest BCUT2D eigenvalue weighted by atomic mass is 9.90. The average Bonchev–Trinajstić information content (AvgIpc) is 3.75. The number of hydrogen-bond acceptors (Lipinski definition) is 0. The molecule has 0 amide bonds. The van der Waals surface area contributed by atoms with Gasteiger partial charge in [0.25, 0.3) is 0 Å². The second kappa shape index (κ2) is 12.3. The summed E-state index contributed by atoms with van der Waals surface area (Å²) in [6, 6.07) is 54.9. The summed E-state index contributed by atoms with van der Waals surface area (Å²) in [4.78, 5) is 0. The van der Waals surface area contributed by atoms with Gasteiger partial charge in [0, 0.05) is 11.1 Å². The molecule has 0 N–H and O–H groups in total. The molecule has 0 saturated carbocycles. The van der Waals surface area contributed by atoms with Gasteiger partial charge in [-0.3, -0.25) is 0 Å². The number of benzene rings is 8. The third-order valence-electron chi connectivity index (χ3n) is 12.6. The highest BCUT2D eigenvalue weighted by molar-refractivity contribution is 6.81. The van der Waals surface area contributed by atoms with Crippen molar-refractivity contribution in [2.24, 2.45) is 0 Å². The first-order chi connectivity index (χ1) is 25.9. The van der Waals surface area contributed by atoms with Crippen molar-refractivity contribution in [2.75, 3.05) is 0 Å². The molecular weight excluding hydrogens is 653 g/mol. The maximum Gasteiger partial charge on any atom is 0.0722 e. The minimum absolute atomic E-state index is 0.436. The fourth-order valence-corrected chi connectivity index (χ4v) is 15.5. The molecule has 2 atom stereocenters. The summed E-state index contributed by atoms with van der Waals surface area (Å²) in [5.41, 5.74) is 15.4. The molecule has 8 aromatic carbocycles. The van der Waals surface area contributed by atoms with Crippen LogP contribution in [0.3, 0.4) is 0 Å². The molecule has 0 nitrogen and oxygen atoms in total. The molecule has 2 aliphatic rings. The van der Waals surface area contributed by atoms with E-state index in [1.807, 2.05) is 0 Å². The first-order valence-corrected chi connectivity index (χ1v) is 22.6. The van der Waals surface area contributed by atoms with Crippen LogP contribution in [0.4, 0.5) is 0 Å². The van der Waals surface area contributed by atoms with Gasteiger partial charge in [0.05, 0.1) is 8.07 Å². The van der Waals surface area contributed by atoms with Crippen molar-refractivity contribution >= 4 is 63.3 Å². The third-order valence-corrected chi connectivity index (χ3v) is 17.0. The van der Waals surface area contributed by atoms with Crippen LogP contribution in [-0.2, 0) is 0 Å². The molecular formula is C52H44Si. The number of hydrogen-bond donors (Lipinski definition) is 0. The van der Waals surface area contributed by atoms with Crippen LogP contribution in [0.1, 0.15) is 60.0 Å². The Balaban J connectivity index is 1.13. The Morgan fingerprint density at radius 2 is 0.906 bits per heavy atom. The molecule has 0 spiro atoms. The fourth-order valence-electron chi connectivity index (χ4n) is 10.6. The number of allylic oxidation sites excluding steroid dienone is 2. The van der Waals surface area contributed by atoms with Gasteiger partial charge in [-0.2, -0.15) is 0 Å². The molecule has 0 radical (unpaired) electrons. The zero-order valence-electron chi connectivity index (χ0n) is 31.1. The van der Waals surface area contributed by atoms with Crippen LogP contribution < -0.4 is 0 Å². The second-order valence-electron chi connectivity index (χ2n) is 16.0. The fraction of sp³-hybridized carbons (Fsp3) is 0.154. The molecule has 0 saturated heterocycles. The van der Waals surface area contributed by atoms with E-state index < -0.39 is 8.07 Å². The van der Waals surface area contributed by atoms with Crippen LogP contribution in [-0.4, -0.2) is 8.07 Å². The van der Waals surface area contributed by atoms with E-state index in [0.717, 1.165) is 12.8 Å². The van der Waals surface area contributed by atoms with Crippen LogP contribution in [0.5, 0.6) is 0 Å². The molecule has 0 fully saturated rings. The highest BCUT2D eigenvalue weighted by Gasteiger charge is 2.48. The monoisotopic (exact) mass is 696 g/mol. The Morgan fingerprint density at radius 3 is 1.43 bits per heavy atom. The Kier molecular flexibility index (Phi) is 7.46. The molecule has 0 heterocycles. The maximum absolute atomic E-state index is 2.68. The summed E-state index contributed by atoms with van der Waals surface area (Å²) in [6.07, 6.45) is 7.46. The van der Waals surface area contributed by atoms with Crippen LogP contribution in [0, 0.1) is 0 Å². The van der Waals surface area contributed by atoms with Gasteiger partial charge in [0.15, 0.2) is 0 Å². The van der Waals surface area contributed by atoms with Gasteiger partial charge in [-0.25, -0.2) is 0 Å². The van der Waals surface area contributed by atoms with Gasteiger partial charge in [0.1, 0.15) is 0 Å². The van der Waals surface area contributed by atoms with E-state index in [-0.39, 0.29) is 0 Å². The molecule has 10 rings (SSSR count). The lowest BCUT2D eigenvalue weighted by Gasteiger charge is -2.39. The van der Waals surface area contributed by atoms with Gasteiger partial charge in [-0.15, -0.1) is 0 Å². The van der Waals surface area contributed by atoms with Crippen molar-refractivity contribution in [1.29, 1.82) is 0 Å². The minimum atomic E-state index is -2.08. The summed E-state index contributed by atoms with van der Waals surface area (Å²) in [6.45, 7) is 10.1. The van der Waals surface area contributed by atoms with Gasteiger partial charge < -0.3 is 0 Å². The van der Waals surface area contributed by atoms with Crippen molar-refractivity contribution < 1.29 is 0 Å². The topological polar surface area (TPSA) is 0 Å². The Hall–Kier alpha value is -5.50. The minimum Gasteiger partial charge on any atom is -0.0679 e. The summed E-state index contributed by atoms with van der Waals surface area (Å²) in [5, 5.41) is 10.6. The number of rotatable bonds is 6. The smallest absolute Gasteiger partial charge is 0.0679 e. The third kappa shape index (κ3) is 4.87. The Morgan fingerprint density at radius 1 is 0.453 bits per heavy atom. The van der Waals surface area contributed by atoms with Gasteiger partial charge >= 0.3 is 0 Å². The summed E-state index contributed by atoms with van der Waals surface area (Å²) in [7, 11) is -2.08. The van der Waals surface area contributed by atoms with Crippen molar-refractivity contribution in [2.45, 2.75) is 50.9 Å². The van der Waals surface area contributed by atoms with Gasteiger partial charge in [-0.05, 0) is 113 Å². The maximum atomic E-state index is 2.68. The summed E-state index contributed by atoms with van der Waals surface area (Å²) in [5.74, 6) is 0. The highest BCUT2D eigenvalue weighted by Crippen LogP contribution is 2.56. The zero-order valence-corrected chi connectivity index (χ0v) is 32.1. The van der Waals surface area contributed by atoms with Crippen LogP contribution >= 0.6 is 0 Å². The molecule has 0 aliphatic heterocycles. The Labute approximate surface area is 314 Å². The average molecular weight is 697 g/mol. The van der Waals surface area contributed by atoms with E-state index in [1.165, 1.54) is 93.2 Å². The quantitative estimate of drug-likeness (QED) is 0.120. The molecule has 2 unspecified atom stereocenters. The zero-order chi connectivity index (χ0) is 35.8. The molecule has 256 valence electrons. The first-order valence-electron chi connectivity index (χ1n) is 19.4. The molecule has 8 aromatic rings. The predicted octanol–water partition coefficient (Wildman–Crippen LogP) is 14.9. The highest BCUT2D eigenvalue weighted by atomic mass is 28.3.